The molecule has 1 aliphatic rings. The number of ether oxygens (including phenoxy) is 2. The summed E-state index contributed by atoms with van der Waals surface area (Å²) in [6.45, 7) is 0.126. The lowest BCUT2D eigenvalue weighted by Gasteiger charge is -2.11. The topological polar surface area (TPSA) is 133 Å². The van der Waals surface area contributed by atoms with Gasteiger partial charge >= 0.3 is 5.97 Å². The van der Waals surface area contributed by atoms with E-state index in [0.717, 1.165) is 39.9 Å². The average Bonchev–Trinajstić information content (AvgIpc) is 3.39. The lowest BCUT2D eigenvalue weighted by molar-refractivity contribution is -0.115. The monoisotopic (exact) mass is 575 g/mol. The molecule has 13 heteroatoms. The van der Waals surface area contributed by atoms with Gasteiger partial charge in [-0.1, -0.05) is 17.3 Å². The first kappa shape index (κ1) is 27.6. The number of amides is 2. The van der Waals surface area contributed by atoms with Crippen LogP contribution in [0, 0.1) is 12.3 Å². The second-order valence-corrected chi connectivity index (χ2v) is 12.7. The van der Waals surface area contributed by atoms with Crippen LogP contribution < -0.4 is 14.9 Å². The molecule has 3 aromatic rings. The van der Waals surface area contributed by atoms with E-state index in [4.69, 9.17) is 15.9 Å². The maximum absolute atomic E-state index is 12.7. The Morgan fingerprint density at radius 1 is 1.16 bits per heavy atom. The van der Waals surface area contributed by atoms with Crippen molar-refractivity contribution in [2.75, 3.05) is 31.0 Å². The summed E-state index contributed by atoms with van der Waals surface area (Å²) in [7, 11) is -1.38. The van der Waals surface area contributed by atoms with Gasteiger partial charge in [-0.3, -0.25) is 9.59 Å². The lowest BCUT2D eigenvalue weighted by atomic mass is 9.95. The van der Waals surface area contributed by atoms with Crippen LogP contribution in [0.3, 0.4) is 0 Å². The molecule has 0 unspecified atom stereocenters. The summed E-state index contributed by atoms with van der Waals surface area (Å²) < 4.78 is 37.9. The third kappa shape index (κ3) is 5.98. The van der Waals surface area contributed by atoms with Gasteiger partial charge in [-0.25, -0.2) is 13.2 Å². The molecule has 2 aromatic heterocycles. The van der Waals surface area contributed by atoms with Crippen molar-refractivity contribution in [2.45, 2.75) is 32.2 Å². The van der Waals surface area contributed by atoms with Crippen LogP contribution in [-0.2, 0) is 43.5 Å². The van der Waals surface area contributed by atoms with Crippen molar-refractivity contribution in [3.63, 3.8) is 0 Å². The Morgan fingerprint density at radius 3 is 2.63 bits per heavy atom. The highest BCUT2D eigenvalue weighted by atomic mass is 32.2. The Morgan fingerprint density at radius 2 is 1.92 bits per heavy atom. The predicted octanol–water partition coefficient (Wildman–Crippen LogP) is 2.55. The Bertz CT molecular complexity index is 1640. The minimum absolute atomic E-state index is 0.126. The van der Waals surface area contributed by atoms with E-state index in [1.54, 1.807) is 22.8 Å². The van der Waals surface area contributed by atoms with Gasteiger partial charge in [-0.2, -0.15) is 4.99 Å². The van der Waals surface area contributed by atoms with Gasteiger partial charge in [0.25, 0.3) is 5.91 Å². The Kier molecular flexibility index (Phi) is 8.35. The summed E-state index contributed by atoms with van der Waals surface area (Å²) >= 11 is 2.41. The molecule has 0 fully saturated rings. The van der Waals surface area contributed by atoms with Crippen molar-refractivity contribution in [2.24, 2.45) is 4.99 Å². The third-order valence-corrected chi connectivity index (χ3v) is 9.51. The molecule has 1 aromatic carbocycles. The molecule has 0 saturated heterocycles. The second-order valence-electron chi connectivity index (χ2n) is 8.50. The van der Waals surface area contributed by atoms with E-state index in [0.29, 0.717) is 12.2 Å². The number of aromatic nitrogens is 1. The molecule has 0 saturated carbocycles. The maximum Gasteiger partial charge on any atom is 0.341 e. The number of anilines is 1. The van der Waals surface area contributed by atoms with Crippen molar-refractivity contribution < 1.29 is 32.3 Å². The summed E-state index contributed by atoms with van der Waals surface area (Å²) in [5, 5.41) is 2.80. The van der Waals surface area contributed by atoms with E-state index in [2.05, 4.69) is 16.2 Å². The number of thiazole rings is 1. The zero-order valence-corrected chi connectivity index (χ0v) is 23.2. The van der Waals surface area contributed by atoms with Crippen molar-refractivity contribution in [1.82, 2.24) is 4.57 Å². The molecule has 0 aliphatic heterocycles. The number of thiophene rings is 1. The number of benzene rings is 1. The summed E-state index contributed by atoms with van der Waals surface area (Å²) in [5.74, 6) is -1.15. The smallest absolute Gasteiger partial charge is 0.341 e. The molecule has 10 nitrogen and oxygen atoms in total. The molecule has 1 N–H and O–H groups in total. The summed E-state index contributed by atoms with van der Waals surface area (Å²) in [5.41, 5.74) is 1.83. The van der Waals surface area contributed by atoms with Crippen LogP contribution in [0.5, 0.6) is 5.75 Å². The van der Waals surface area contributed by atoms with Crippen molar-refractivity contribution >= 4 is 65.5 Å². The van der Waals surface area contributed by atoms with Gasteiger partial charge in [0.1, 0.15) is 22.3 Å². The van der Waals surface area contributed by atoms with Gasteiger partial charge in [0, 0.05) is 4.88 Å². The zero-order chi connectivity index (χ0) is 27.4. The van der Waals surface area contributed by atoms with Crippen LogP contribution in [0.4, 0.5) is 5.00 Å². The number of carbonyl (C=O) groups is 3. The van der Waals surface area contributed by atoms with Gasteiger partial charge in [-0.05, 0) is 49.4 Å². The van der Waals surface area contributed by atoms with Gasteiger partial charge in [0.2, 0.25) is 5.91 Å². The minimum atomic E-state index is -4.16. The highest BCUT2D eigenvalue weighted by Crippen LogP contribution is 2.38. The number of carbonyl (C=O) groups excluding carboxylic acids is 3. The van der Waals surface area contributed by atoms with Crippen molar-refractivity contribution in [3.05, 3.63) is 39.0 Å². The molecule has 200 valence electrons. The number of hydrogen-bond donors (Lipinski definition) is 1. The highest BCUT2D eigenvalue weighted by molar-refractivity contribution is 7.92. The molecular formula is C25H25N3O7S3. The normalized spacial score (nSPS) is 13.6. The van der Waals surface area contributed by atoms with Crippen LogP contribution in [0.2, 0.25) is 0 Å². The van der Waals surface area contributed by atoms with Gasteiger partial charge in [-0.15, -0.1) is 17.8 Å². The van der Waals surface area contributed by atoms with Crippen LogP contribution >= 0.6 is 22.7 Å². The van der Waals surface area contributed by atoms with Crippen LogP contribution in [0.15, 0.2) is 23.2 Å². The zero-order valence-electron chi connectivity index (χ0n) is 20.7. The molecular weight excluding hydrogens is 550 g/mol. The van der Waals surface area contributed by atoms with Crippen molar-refractivity contribution in [1.29, 1.82) is 0 Å². The Balaban J connectivity index is 1.52. The molecule has 2 heterocycles. The second kappa shape index (κ2) is 11.5. The number of esters is 1. The van der Waals surface area contributed by atoms with Crippen LogP contribution in [0.25, 0.3) is 10.2 Å². The Hall–Kier alpha value is -3.47. The third-order valence-electron chi connectivity index (χ3n) is 5.87. The number of nitrogens with one attached hydrogen (secondary N) is 1. The predicted molar refractivity (Wildman–Crippen MR) is 145 cm³/mol. The average molecular weight is 576 g/mol. The lowest BCUT2D eigenvalue weighted by Crippen LogP contribution is -2.28. The van der Waals surface area contributed by atoms with Crippen molar-refractivity contribution in [3.8, 4) is 18.1 Å². The van der Waals surface area contributed by atoms with Crippen LogP contribution in [-0.4, -0.2) is 56.5 Å². The molecule has 0 bridgehead atoms. The standard InChI is InChI=1S/C25H25N3O7S3/c1-4-11-28-17-10-9-15(34-2)12-19(17)37-25(28)27-21(30)14-38(32,33)13-20(29)26-23-22(24(31)35-3)16-7-5-6-8-18(16)36-23/h1,9-10,12H,5-8,11,13-14H2,2-3H3,(H,26,29). The van der Waals surface area contributed by atoms with Gasteiger partial charge < -0.3 is 19.4 Å². The molecule has 38 heavy (non-hydrogen) atoms. The van der Waals surface area contributed by atoms with E-state index in [9.17, 15) is 22.8 Å². The Labute approximate surface area is 227 Å². The van der Waals surface area contributed by atoms with Gasteiger partial charge in [0.05, 0.1) is 36.5 Å². The number of fused-ring (bicyclic) bond motifs is 2. The van der Waals surface area contributed by atoms with Gasteiger partial charge in [0.15, 0.2) is 14.6 Å². The largest absolute Gasteiger partial charge is 0.497 e. The molecule has 0 atom stereocenters. The molecule has 2 amide bonds. The fourth-order valence-electron chi connectivity index (χ4n) is 4.22. The molecule has 4 rings (SSSR count). The first-order chi connectivity index (χ1) is 18.2. The van der Waals surface area contributed by atoms with E-state index in [-0.39, 0.29) is 21.9 Å². The van der Waals surface area contributed by atoms with Crippen LogP contribution in [0.1, 0.15) is 33.6 Å². The summed E-state index contributed by atoms with van der Waals surface area (Å²) in [6, 6.07) is 5.28. The quantitative estimate of drug-likeness (QED) is 0.322. The molecule has 0 spiro atoms. The summed E-state index contributed by atoms with van der Waals surface area (Å²) in [6.07, 6.45) is 8.81. The number of rotatable bonds is 8. The summed E-state index contributed by atoms with van der Waals surface area (Å²) in [4.78, 5) is 42.8. The fraction of sp³-hybridized carbons (Fsp3) is 0.360. The highest BCUT2D eigenvalue weighted by Gasteiger charge is 2.28. The van der Waals surface area contributed by atoms with E-state index >= 15 is 0 Å². The number of sulfone groups is 1. The fourth-order valence-corrected chi connectivity index (χ4v) is 7.61. The minimum Gasteiger partial charge on any atom is -0.497 e. The number of nitrogens with zero attached hydrogens (tertiary/aromatic N) is 2. The van der Waals surface area contributed by atoms with E-state index in [1.165, 1.54) is 36.9 Å². The molecule has 1 aliphatic carbocycles. The maximum atomic E-state index is 12.7. The van der Waals surface area contributed by atoms with E-state index in [1.807, 2.05) is 0 Å². The SMILES string of the molecule is C#CCn1c(=NC(=O)CS(=O)(=O)CC(=O)Nc2sc3c(c2C(=O)OC)CCCC3)sc2cc(OC)ccc21. The first-order valence-corrected chi connectivity index (χ1v) is 15.0. The van der Waals surface area contributed by atoms with E-state index < -0.39 is 39.1 Å². The number of aryl methyl sites for hydroxylation is 1. The molecule has 0 radical (unpaired) electrons. The number of terminal acetylenes is 1. The first-order valence-electron chi connectivity index (χ1n) is 11.6. The number of methoxy groups -OCH3 is 2. The number of hydrogen-bond acceptors (Lipinski definition) is 9.